The normalized spacial score (nSPS) is 21.9. The van der Waals surface area contributed by atoms with Gasteiger partial charge in [0.15, 0.2) is 0 Å². The van der Waals surface area contributed by atoms with E-state index in [-0.39, 0.29) is 17.9 Å². The molecule has 160 valence electrons. The molecule has 6 nitrogen and oxygen atoms in total. The first-order chi connectivity index (χ1) is 14.0. The van der Waals surface area contributed by atoms with Crippen LogP contribution >= 0.6 is 11.8 Å². The Hall–Kier alpha value is -1.57. The number of thioether (sulfide) groups is 1. The van der Waals surface area contributed by atoms with Crippen molar-refractivity contribution in [1.29, 1.82) is 0 Å². The van der Waals surface area contributed by atoms with Gasteiger partial charge in [0.2, 0.25) is 11.8 Å². The van der Waals surface area contributed by atoms with Crippen LogP contribution in [0.2, 0.25) is 0 Å². The van der Waals surface area contributed by atoms with Gasteiger partial charge in [0.05, 0.1) is 18.8 Å². The van der Waals surface area contributed by atoms with Gasteiger partial charge in [-0.1, -0.05) is 26.0 Å². The Labute approximate surface area is 179 Å². The van der Waals surface area contributed by atoms with E-state index in [1.165, 1.54) is 4.90 Å². The van der Waals surface area contributed by atoms with Crippen LogP contribution in [0.5, 0.6) is 0 Å². The highest BCUT2D eigenvalue weighted by atomic mass is 32.2. The Morgan fingerprint density at radius 3 is 2.45 bits per heavy atom. The van der Waals surface area contributed by atoms with E-state index in [0.717, 1.165) is 51.3 Å². The number of piperazine rings is 1. The Morgan fingerprint density at radius 2 is 1.76 bits per heavy atom. The number of nitrogens with zero attached hydrogens (tertiary/aromatic N) is 3. The highest BCUT2D eigenvalue weighted by Gasteiger charge is 2.27. The molecule has 1 N–H and O–H groups in total. The molecule has 1 fully saturated rings. The minimum atomic E-state index is 0.0941. The van der Waals surface area contributed by atoms with E-state index < -0.39 is 0 Å². The van der Waals surface area contributed by atoms with E-state index in [1.807, 2.05) is 35.7 Å². The third-order valence-electron chi connectivity index (χ3n) is 5.76. The molecular formula is C22H34N4O2S. The molecule has 0 radical (unpaired) electrons. The lowest BCUT2D eigenvalue weighted by Gasteiger charge is -2.35. The molecule has 2 aliphatic rings. The van der Waals surface area contributed by atoms with Crippen LogP contribution in [0, 0.1) is 0 Å². The Bertz CT molecular complexity index is 706. The number of carbonyl (C=O) groups excluding carboxylic acids is 2. The van der Waals surface area contributed by atoms with Gasteiger partial charge in [-0.3, -0.25) is 19.4 Å². The summed E-state index contributed by atoms with van der Waals surface area (Å²) in [5.74, 6) is 0.270. The molecule has 0 aromatic heterocycles. The maximum Gasteiger partial charge on any atom is 0.241 e. The van der Waals surface area contributed by atoms with Crippen LogP contribution in [0.3, 0.4) is 0 Å². The van der Waals surface area contributed by atoms with Crippen molar-refractivity contribution in [2.45, 2.75) is 49.8 Å². The Morgan fingerprint density at radius 1 is 1.10 bits per heavy atom. The average molecular weight is 419 g/mol. The monoisotopic (exact) mass is 418 g/mol. The summed E-state index contributed by atoms with van der Waals surface area (Å²) in [5.41, 5.74) is 1.05. The number of benzene rings is 1. The van der Waals surface area contributed by atoms with Gasteiger partial charge < -0.3 is 10.2 Å². The Kier molecular flexibility index (Phi) is 7.98. The molecule has 1 aromatic carbocycles. The number of hydrogen-bond donors (Lipinski definition) is 1. The molecule has 1 aromatic rings. The van der Waals surface area contributed by atoms with Crippen LogP contribution in [0.25, 0.3) is 0 Å². The minimum Gasteiger partial charge on any atom is -0.353 e. The number of fused-ring (bicyclic) bond motifs is 1. The van der Waals surface area contributed by atoms with Gasteiger partial charge in [-0.2, -0.15) is 0 Å². The van der Waals surface area contributed by atoms with E-state index >= 15 is 0 Å². The van der Waals surface area contributed by atoms with Crippen molar-refractivity contribution in [2.24, 2.45) is 0 Å². The van der Waals surface area contributed by atoms with Crippen LogP contribution in [-0.4, -0.2) is 78.7 Å². The second kappa shape index (κ2) is 10.5. The van der Waals surface area contributed by atoms with E-state index in [9.17, 15) is 9.59 Å². The molecule has 29 heavy (non-hydrogen) atoms. The summed E-state index contributed by atoms with van der Waals surface area (Å²) in [7, 11) is 0. The number of carbonyl (C=O) groups is 2. The van der Waals surface area contributed by atoms with Crippen molar-refractivity contribution >= 4 is 29.3 Å². The van der Waals surface area contributed by atoms with Crippen molar-refractivity contribution in [3.8, 4) is 0 Å². The number of para-hydroxylation sites is 1. The van der Waals surface area contributed by atoms with Crippen LogP contribution in [0.4, 0.5) is 5.69 Å². The summed E-state index contributed by atoms with van der Waals surface area (Å²) >= 11 is 1.86. The van der Waals surface area contributed by atoms with Crippen molar-refractivity contribution in [3.05, 3.63) is 24.3 Å². The lowest BCUT2D eigenvalue weighted by molar-refractivity contribution is -0.124. The smallest absolute Gasteiger partial charge is 0.241 e. The van der Waals surface area contributed by atoms with Crippen molar-refractivity contribution in [2.75, 3.05) is 50.7 Å². The van der Waals surface area contributed by atoms with Gasteiger partial charge >= 0.3 is 0 Å². The maximum atomic E-state index is 13.1. The number of rotatable bonds is 6. The topological polar surface area (TPSA) is 55.9 Å². The summed E-state index contributed by atoms with van der Waals surface area (Å²) in [4.78, 5) is 32.8. The van der Waals surface area contributed by atoms with Crippen LogP contribution < -0.4 is 10.2 Å². The zero-order chi connectivity index (χ0) is 20.8. The third-order valence-corrected chi connectivity index (χ3v) is 6.99. The molecule has 0 aliphatic carbocycles. The molecule has 2 amide bonds. The van der Waals surface area contributed by atoms with Gasteiger partial charge in [-0.25, -0.2) is 0 Å². The predicted molar refractivity (Wildman–Crippen MR) is 120 cm³/mol. The summed E-state index contributed by atoms with van der Waals surface area (Å²) in [6, 6.07) is 8.46. The van der Waals surface area contributed by atoms with Gasteiger partial charge in [-0.15, -0.1) is 11.8 Å². The maximum absolute atomic E-state index is 13.1. The average Bonchev–Trinajstić information content (AvgIpc) is 2.87. The Balaban J connectivity index is 1.50. The fourth-order valence-corrected chi connectivity index (χ4v) is 4.87. The molecule has 0 unspecified atom stereocenters. The molecule has 0 spiro atoms. The van der Waals surface area contributed by atoms with Crippen molar-refractivity contribution < 1.29 is 9.59 Å². The molecule has 0 saturated carbocycles. The third kappa shape index (κ3) is 6.20. The molecule has 0 bridgehead atoms. The fourth-order valence-electron chi connectivity index (χ4n) is 3.75. The summed E-state index contributed by atoms with van der Waals surface area (Å²) < 4.78 is 0. The second-order valence-corrected chi connectivity index (χ2v) is 9.64. The number of nitrogens with one attached hydrogen (secondary N) is 1. The van der Waals surface area contributed by atoms with E-state index in [0.29, 0.717) is 18.3 Å². The van der Waals surface area contributed by atoms with Gasteiger partial charge in [0, 0.05) is 48.9 Å². The summed E-state index contributed by atoms with van der Waals surface area (Å²) in [6.07, 6.45) is 1.95. The van der Waals surface area contributed by atoms with Gasteiger partial charge in [0.25, 0.3) is 0 Å². The van der Waals surface area contributed by atoms with Gasteiger partial charge in [0.1, 0.15) is 0 Å². The number of amides is 2. The lowest BCUT2D eigenvalue weighted by atomic mass is 10.2. The van der Waals surface area contributed by atoms with Crippen molar-refractivity contribution in [1.82, 2.24) is 15.1 Å². The highest BCUT2D eigenvalue weighted by Crippen LogP contribution is 2.37. The van der Waals surface area contributed by atoms with Crippen LogP contribution in [0.1, 0.15) is 33.6 Å². The first-order valence-electron chi connectivity index (χ1n) is 10.8. The minimum absolute atomic E-state index is 0.0941. The molecule has 3 rings (SSSR count). The fraction of sp³-hybridized carbons (Fsp3) is 0.636. The molecule has 2 aliphatic heterocycles. The van der Waals surface area contributed by atoms with Crippen LogP contribution in [0.15, 0.2) is 29.2 Å². The van der Waals surface area contributed by atoms with Crippen LogP contribution in [-0.2, 0) is 9.59 Å². The van der Waals surface area contributed by atoms with E-state index in [4.69, 9.17) is 0 Å². The first-order valence-corrected chi connectivity index (χ1v) is 11.6. The lowest BCUT2D eigenvalue weighted by Crippen LogP contribution is -2.52. The predicted octanol–water partition coefficient (Wildman–Crippen LogP) is 2.44. The summed E-state index contributed by atoms with van der Waals surface area (Å²) in [6.45, 7) is 11.3. The molecule has 7 heteroatoms. The van der Waals surface area contributed by atoms with Gasteiger partial charge in [-0.05, 0) is 31.9 Å². The largest absolute Gasteiger partial charge is 0.353 e. The second-order valence-electron chi connectivity index (χ2n) is 8.16. The molecule has 2 heterocycles. The summed E-state index contributed by atoms with van der Waals surface area (Å²) in [5, 5.41) is 3.54. The van der Waals surface area contributed by atoms with Crippen molar-refractivity contribution in [3.63, 3.8) is 0 Å². The SMILES string of the molecule is CC[C@H](C)NC(=O)CN1CCN(CC(=O)N2CC[C@H](C)Sc3ccccc32)CC1. The standard InChI is InChI=1S/C22H34N4O2S/c1-4-17(2)23-21(27)15-24-11-13-25(14-12-24)16-22(28)26-10-9-18(3)29-20-8-6-5-7-19(20)26/h5-8,17-18H,4,9-16H2,1-3H3,(H,23,27)/t17-,18-/m0/s1. The molecule has 2 atom stereocenters. The number of hydrogen-bond acceptors (Lipinski definition) is 5. The number of anilines is 1. The zero-order valence-electron chi connectivity index (χ0n) is 17.9. The molecular weight excluding hydrogens is 384 g/mol. The quantitative estimate of drug-likeness (QED) is 0.769. The van der Waals surface area contributed by atoms with E-state index in [2.05, 4.69) is 41.1 Å². The first kappa shape index (κ1) is 22.1. The highest BCUT2D eigenvalue weighted by molar-refractivity contribution is 8.00. The molecule has 1 saturated heterocycles. The van der Waals surface area contributed by atoms with E-state index in [1.54, 1.807) is 0 Å². The zero-order valence-corrected chi connectivity index (χ0v) is 18.7.